The molecule has 1 atom stereocenters. The van der Waals surface area contributed by atoms with Crippen molar-refractivity contribution >= 4 is 50.2 Å². The summed E-state index contributed by atoms with van der Waals surface area (Å²) in [6, 6.07) is 20.1. The largest absolute Gasteiger partial charge is 0.325 e. The van der Waals surface area contributed by atoms with Crippen molar-refractivity contribution < 1.29 is 4.39 Å². The molecule has 0 spiro atoms. The van der Waals surface area contributed by atoms with Crippen LogP contribution in [0.2, 0.25) is 5.02 Å². The fourth-order valence-corrected chi connectivity index (χ4v) is 4.08. The number of benzene rings is 3. The number of rotatable bonds is 2. The molecule has 138 valence electrons. The van der Waals surface area contributed by atoms with E-state index in [0.717, 1.165) is 26.8 Å². The Labute approximate surface area is 174 Å². The lowest BCUT2D eigenvalue weighted by Crippen LogP contribution is -2.20. The molecule has 0 unspecified atom stereocenters. The smallest absolute Gasteiger partial charge is 0.209 e. The number of hydrogen-bond acceptors (Lipinski definition) is 2. The van der Waals surface area contributed by atoms with Gasteiger partial charge in [-0.2, -0.15) is 0 Å². The van der Waals surface area contributed by atoms with Crippen LogP contribution in [-0.4, -0.2) is 9.55 Å². The lowest BCUT2D eigenvalue weighted by atomic mass is 10.0. The second-order valence-corrected chi connectivity index (χ2v) is 7.97. The van der Waals surface area contributed by atoms with Crippen molar-refractivity contribution in [1.29, 1.82) is 0 Å². The molecule has 1 N–H and O–H groups in total. The number of nitrogens with one attached hydrogen (secondary N) is 1. The third-order valence-electron chi connectivity index (χ3n) is 4.88. The highest BCUT2D eigenvalue weighted by molar-refractivity contribution is 9.10. The van der Waals surface area contributed by atoms with Crippen LogP contribution in [0.4, 0.5) is 10.3 Å². The molecule has 3 aromatic carbocycles. The number of nitrogens with zero attached hydrogens (tertiary/aromatic N) is 2. The van der Waals surface area contributed by atoms with Crippen molar-refractivity contribution in [3.05, 3.63) is 99.2 Å². The molecule has 0 fully saturated rings. The lowest BCUT2D eigenvalue weighted by molar-refractivity contribution is 0.583. The van der Waals surface area contributed by atoms with Gasteiger partial charge in [-0.3, -0.25) is 4.57 Å². The molecule has 4 aromatic rings. The highest BCUT2D eigenvalue weighted by Gasteiger charge is 2.27. The van der Waals surface area contributed by atoms with Gasteiger partial charge in [0.1, 0.15) is 5.82 Å². The molecule has 6 heteroatoms. The van der Waals surface area contributed by atoms with E-state index < -0.39 is 0 Å². The average molecular weight is 455 g/mol. The van der Waals surface area contributed by atoms with Crippen LogP contribution >= 0.6 is 27.5 Å². The molecule has 28 heavy (non-hydrogen) atoms. The maximum atomic E-state index is 14.8. The van der Waals surface area contributed by atoms with Crippen molar-refractivity contribution in [2.75, 3.05) is 5.32 Å². The van der Waals surface area contributed by atoms with Gasteiger partial charge in [-0.15, -0.1) is 0 Å². The van der Waals surface area contributed by atoms with Crippen molar-refractivity contribution in [1.82, 2.24) is 9.55 Å². The second kappa shape index (κ2) is 6.76. The summed E-state index contributed by atoms with van der Waals surface area (Å²) in [5, 5.41) is 4.06. The fraction of sp³-hybridized carbons (Fsp3) is 0.0455. The monoisotopic (exact) mass is 453 g/mol. The number of halogens is 3. The molecule has 1 aliphatic rings. The number of para-hydroxylation sites is 2. The molecule has 1 aromatic heterocycles. The van der Waals surface area contributed by atoms with Crippen LogP contribution < -0.4 is 5.32 Å². The molecule has 5 rings (SSSR count). The summed E-state index contributed by atoms with van der Waals surface area (Å²) in [5.41, 5.74) is 4.20. The third-order valence-corrected chi connectivity index (χ3v) is 5.62. The Hall–Kier alpha value is -2.63. The number of aromatic nitrogens is 2. The molecule has 2 heterocycles. The van der Waals surface area contributed by atoms with Crippen molar-refractivity contribution in [3.63, 3.8) is 0 Å². The zero-order chi connectivity index (χ0) is 19.3. The summed E-state index contributed by atoms with van der Waals surface area (Å²) >= 11 is 9.51. The predicted molar refractivity (Wildman–Crippen MR) is 115 cm³/mol. The molecular weight excluding hydrogens is 441 g/mol. The quantitative estimate of drug-likeness (QED) is 0.367. The summed E-state index contributed by atoms with van der Waals surface area (Å²) in [6.07, 6.45) is 2.02. The molecule has 0 amide bonds. The van der Waals surface area contributed by atoms with Crippen LogP contribution in [0.5, 0.6) is 0 Å². The third kappa shape index (κ3) is 2.91. The Morgan fingerprint density at radius 2 is 1.82 bits per heavy atom. The maximum absolute atomic E-state index is 14.8. The highest BCUT2D eigenvalue weighted by Crippen LogP contribution is 2.38. The molecule has 3 nitrogen and oxygen atoms in total. The molecule has 0 saturated carbocycles. The van der Waals surface area contributed by atoms with Gasteiger partial charge in [0.05, 0.1) is 17.1 Å². The number of imidazole rings is 1. The van der Waals surface area contributed by atoms with Crippen molar-refractivity contribution in [2.24, 2.45) is 0 Å². The van der Waals surface area contributed by atoms with E-state index in [-0.39, 0.29) is 11.9 Å². The molecule has 1 aliphatic heterocycles. The first-order chi connectivity index (χ1) is 13.6. The zero-order valence-electron chi connectivity index (χ0n) is 14.5. The van der Waals surface area contributed by atoms with Crippen LogP contribution in [0.25, 0.3) is 16.7 Å². The highest BCUT2D eigenvalue weighted by atomic mass is 79.9. The van der Waals surface area contributed by atoms with E-state index >= 15 is 0 Å². The Bertz CT molecular complexity index is 1230. The number of hydrogen-bond donors (Lipinski definition) is 1. The topological polar surface area (TPSA) is 29.9 Å². The Kier molecular flexibility index (Phi) is 4.22. The minimum Gasteiger partial charge on any atom is -0.325 e. The minimum absolute atomic E-state index is 0.259. The molecule has 0 bridgehead atoms. The van der Waals surface area contributed by atoms with E-state index in [9.17, 15) is 4.39 Å². The lowest BCUT2D eigenvalue weighted by Gasteiger charge is -2.27. The van der Waals surface area contributed by atoms with Gasteiger partial charge >= 0.3 is 0 Å². The van der Waals surface area contributed by atoms with Crippen molar-refractivity contribution in [3.8, 4) is 0 Å². The fourth-order valence-electron chi connectivity index (χ4n) is 3.58. The first kappa shape index (κ1) is 17.5. The van der Waals surface area contributed by atoms with Crippen molar-refractivity contribution in [2.45, 2.75) is 6.04 Å². The first-order valence-electron chi connectivity index (χ1n) is 8.77. The van der Waals surface area contributed by atoms with Gasteiger partial charge < -0.3 is 5.32 Å². The van der Waals surface area contributed by atoms with Gasteiger partial charge in [-0.25, -0.2) is 9.37 Å². The molecular formula is C22H14BrClFN3. The maximum Gasteiger partial charge on any atom is 0.209 e. The normalized spacial score (nSPS) is 15.8. The van der Waals surface area contributed by atoms with Gasteiger partial charge in [-0.1, -0.05) is 51.8 Å². The summed E-state index contributed by atoms with van der Waals surface area (Å²) < 4.78 is 17.7. The van der Waals surface area contributed by atoms with Crippen LogP contribution in [0.1, 0.15) is 17.2 Å². The van der Waals surface area contributed by atoms with E-state index in [0.29, 0.717) is 16.5 Å². The summed E-state index contributed by atoms with van der Waals surface area (Å²) in [4.78, 5) is 4.73. The summed E-state index contributed by atoms with van der Waals surface area (Å²) in [5.74, 6) is 0.420. The minimum atomic E-state index is -0.341. The van der Waals surface area contributed by atoms with Crippen LogP contribution in [0.3, 0.4) is 0 Å². The van der Waals surface area contributed by atoms with Crippen LogP contribution in [0, 0.1) is 5.82 Å². The number of anilines is 1. The van der Waals surface area contributed by atoms with Crippen LogP contribution in [0.15, 0.2) is 77.3 Å². The number of fused-ring (bicyclic) bond motifs is 3. The average Bonchev–Trinajstić information content (AvgIpc) is 3.08. The standard InChI is InChI=1S/C22H14BrClFN3/c23-14-7-10-17(25)16(11-14)21-12-19(13-5-8-15(24)9-6-13)27-22-26-18-3-1-2-4-20(18)28(21)22/h1-12,21H,(H,26,27)/t21-/m0/s1. The van der Waals surface area contributed by atoms with E-state index in [1.165, 1.54) is 6.07 Å². The van der Waals surface area contributed by atoms with Crippen LogP contribution in [-0.2, 0) is 0 Å². The van der Waals surface area contributed by atoms with E-state index in [2.05, 4.69) is 21.2 Å². The Morgan fingerprint density at radius 3 is 2.64 bits per heavy atom. The molecule has 0 saturated heterocycles. The van der Waals surface area contributed by atoms with Gasteiger partial charge in [0.25, 0.3) is 0 Å². The van der Waals surface area contributed by atoms with E-state index in [4.69, 9.17) is 16.6 Å². The van der Waals surface area contributed by atoms with E-state index in [1.54, 1.807) is 6.07 Å². The molecule has 0 aliphatic carbocycles. The zero-order valence-corrected chi connectivity index (χ0v) is 16.9. The first-order valence-corrected chi connectivity index (χ1v) is 9.94. The molecule has 0 radical (unpaired) electrons. The van der Waals surface area contributed by atoms with Gasteiger partial charge in [-0.05, 0) is 54.1 Å². The van der Waals surface area contributed by atoms with E-state index in [1.807, 2.05) is 65.2 Å². The Balaban J connectivity index is 1.75. The van der Waals surface area contributed by atoms with Gasteiger partial charge in [0.15, 0.2) is 0 Å². The second-order valence-electron chi connectivity index (χ2n) is 6.62. The summed E-state index contributed by atoms with van der Waals surface area (Å²) in [6.45, 7) is 0. The van der Waals surface area contributed by atoms with Gasteiger partial charge in [0.2, 0.25) is 5.95 Å². The number of allylic oxidation sites excluding steroid dienone is 1. The summed E-state index contributed by atoms with van der Waals surface area (Å²) in [7, 11) is 0. The van der Waals surface area contributed by atoms with Gasteiger partial charge in [0, 0.05) is 20.8 Å². The Morgan fingerprint density at radius 1 is 1.04 bits per heavy atom. The SMILES string of the molecule is Fc1ccc(Br)cc1[C@@H]1C=C(c2ccc(Cl)cc2)Nc2nc3ccccc3n21. The predicted octanol–water partition coefficient (Wildman–Crippen LogP) is 6.65.